The molecular formula is C14H11F3N2O3S2. The molecule has 0 bridgehead atoms. The van der Waals surface area contributed by atoms with Crippen molar-refractivity contribution in [2.45, 2.75) is 13.1 Å². The van der Waals surface area contributed by atoms with Gasteiger partial charge in [-0.2, -0.15) is 13.2 Å². The molecule has 0 aliphatic carbocycles. The third kappa shape index (κ3) is 2.65. The second-order valence-electron chi connectivity index (χ2n) is 5.13. The predicted octanol–water partition coefficient (Wildman–Crippen LogP) is 3.55. The number of anilines is 1. The molecule has 2 heterocycles. The largest absolute Gasteiger partial charge is 0.504 e. The summed E-state index contributed by atoms with van der Waals surface area (Å²) in [6.07, 6.45) is -4.74. The van der Waals surface area contributed by atoms with Crippen LogP contribution < -0.4 is 4.31 Å². The van der Waals surface area contributed by atoms with Gasteiger partial charge in [0.1, 0.15) is 22.1 Å². The van der Waals surface area contributed by atoms with Gasteiger partial charge in [-0.25, -0.2) is 17.7 Å². The van der Waals surface area contributed by atoms with E-state index in [9.17, 15) is 26.7 Å². The fraction of sp³-hybridized carbons (Fsp3) is 0.214. The molecule has 3 rings (SSSR count). The van der Waals surface area contributed by atoms with Crippen molar-refractivity contribution in [3.8, 4) is 0 Å². The number of aliphatic hydroxyl groups is 1. The molecule has 24 heavy (non-hydrogen) atoms. The van der Waals surface area contributed by atoms with E-state index in [0.29, 0.717) is 5.56 Å². The maximum atomic E-state index is 12.9. The third-order valence-corrected chi connectivity index (χ3v) is 6.26. The quantitative estimate of drug-likeness (QED) is 0.870. The van der Waals surface area contributed by atoms with Crippen molar-refractivity contribution in [3.05, 3.63) is 46.6 Å². The fourth-order valence-electron chi connectivity index (χ4n) is 2.44. The Balaban J connectivity index is 2.29. The van der Waals surface area contributed by atoms with Gasteiger partial charge in [0.05, 0.1) is 5.51 Å². The van der Waals surface area contributed by atoms with Crippen LogP contribution in [-0.2, 0) is 10.0 Å². The summed E-state index contributed by atoms with van der Waals surface area (Å²) in [4.78, 5) is 3.26. The van der Waals surface area contributed by atoms with Gasteiger partial charge in [0.2, 0.25) is 0 Å². The number of rotatable bonds is 2. The van der Waals surface area contributed by atoms with Gasteiger partial charge >= 0.3 is 6.18 Å². The van der Waals surface area contributed by atoms with Crippen molar-refractivity contribution in [2.75, 3.05) is 10.8 Å². The Bertz CT molecular complexity index is 933. The Morgan fingerprint density at radius 1 is 1.29 bits per heavy atom. The van der Waals surface area contributed by atoms with Gasteiger partial charge in [0, 0.05) is 5.56 Å². The average Bonchev–Trinajstić information content (AvgIpc) is 2.94. The van der Waals surface area contributed by atoms with Crippen LogP contribution in [0.1, 0.15) is 16.8 Å². The molecule has 0 atom stereocenters. The Morgan fingerprint density at radius 2 is 1.96 bits per heavy atom. The summed E-state index contributed by atoms with van der Waals surface area (Å²) >= 11 is 0.723. The number of sulfonamides is 1. The molecule has 1 aromatic carbocycles. The van der Waals surface area contributed by atoms with Crippen LogP contribution in [0.3, 0.4) is 0 Å². The van der Waals surface area contributed by atoms with E-state index >= 15 is 0 Å². The first-order valence-electron chi connectivity index (χ1n) is 6.65. The maximum absolute atomic E-state index is 12.9. The number of hydrogen-bond acceptors (Lipinski definition) is 5. The van der Waals surface area contributed by atoms with Crippen LogP contribution in [0.5, 0.6) is 0 Å². The average molecular weight is 376 g/mol. The molecular weight excluding hydrogens is 365 g/mol. The first kappa shape index (κ1) is 16.8. The lowest BCUT2D eigenvalue weighted by molar-refractivity contribution is -0.117. The van der Waals surface area contributed by atoms with E-state index in [2.05, 4.69) is 4.98 Å². The molecule has 0 spiro atoms. The summed E-state index contributed by atoms with van der Waals surface area (Å²) in [5.41, 5.74) is 1.67. The number of alkyl halides is 3. The predicted molar refractivity (Wildman–Crippen MR) is 85.1 cm³/mol. The minimum Gasteiger partial charge on any atom is -0.504 e. The highest BCUT2D eigenvalue weighted by Gasteiger charge is 2.45. The van der Waals surface area contributed by atoms with Crippen LogP contribution in [0, 0.1) is 6.92 Å². The summed E-state index contributed by atoms with van der Waals surface area (Å²) in [6, 6.07) is 6.24. The monoisotopic (exact) mass is 376 g/mol. The molecule has 2 aromatic rings. The lowest BCUT2D eigenvalue weighted by Gasteiger charge is -2.30. The first-order chi connectivity index (χ1) is 11.1. The number of nitrogens with zero attached hydrogens (tertiary/aromatic N) is 2. The molecule has 0 saturated carbocycles. The van der Waals surface area contributed by atoms with Gasteiger partial charge in [0.15, 0.2) is 5.76 Å². The van der Waals surface area contributed by atoms with E-state index in [1.165, 1.54) is 11.6 Å². The molecule has 1 aromatic heterocycles. The van der Waals surface area contributed by atoms with E-state index in [-0.39, 0.29) is 20.6 Å². The number of hydrogen-bond donors (Lipinski definition) is 1. The van der Waals surface area contributed by atoms with Crippen molar-refractivity contribution < 1.29 is 26.7 Å². The molecule has 0 amide bonds. The molecule has 1 aliphatic heterocycles. The highest BCUT2D eigenvalue weighted by Crippen LogP contribution is 2.45. The van der Waals surface area contributed by atoms with Crippen molar-refractivity contribution in [3.63, 3.8) is 0 Å². The van der Waals surface area contributed by atoms with Gasteiger partial charge in [0.25, 0.3) is 10.0 Å². The number of aromatic nitrogens is 1. The maximum Gasteiger partial charge on any atom is 0.407 e. The van der Waals surface area contributed by atoms with E-state index < -0.39 is 33.4 Å². The molecule has 1 N–H and O–H groups in total. The van der Waals surface area contributed by atoms with Gasteiger partial charge in [-0.05, 0) is 12.5 Å². The van der Waals surface area contributed by atoms with Crippen LogP contribution in [0.15, 0.2) is 29.8 Å². The minimum absolute atomic E-state index is 0.140. The molecule has 5 nitrogen and oxygen atoms in total. The zero-order chi connectivity index (χ0) is 17.7. The first-order valence-corrected chi connectivity index (χ1v) is 8.97. The van der Waals surface area contributed by atoms with Gasteiger partial charge in [-0.15, -0.1) is 11.3 Å². The van der Waals surface area contributed by atoms with Crippen molar-refractivity contribution in [1.82, 2.24) is 4.98 Å². The van der Waals surface area contributed by atoms with Gasteiger partial charge in [-0.3, -0.25) is 0 Å². The highest BCUT2D eigenvalue weighted by molar-refractivity contribution is 8.02. The normalized spacial score (nSPS) is 17.1. The third-order valence-electron chi connectivity index (χ3n) is 3.48. The second kappa shape index (κ2) is 5.49. The molecule has 1 aliphatic rings. The number of aryl methyl sites for hydroxylation is 1. The van der Waals surface area contributed by atoms with E-state index in [0.717, 1.165) is 11.3 Å². The summed E-state index contributed by atoms with van der Waals surface area (Å²) in [5, 5.41) is 10.1. The van der Waals surface area contributed by atoms with E-state index in [1.54, 1.807) is 25.1 Å². The number of halogens is 3. The lowest BCUT2D eigenvalue weighted by Crippen LogP contribution is -2.41. The number of aliphatic hydroxyl groups excluding tert-OH is 1. The molecule has 0 fully saturated rings. The molecule has 0 unspecified atom stereocenters. The summed E-state index contributed by atoms with van der Waals surface area (Å²) < 4.78 is 64.5. The topological polar surface area (TPSA) is 70.5 Å². The summed E-state index contributed by atoms with van der Waals surface area (Å²) in [6.45, 7) is -0.0804. The highest BCUT2D eigenvalue weighted by atomic mass is 32.2. The Kier molecular flexibility index (Phi) is 3.83. The zero-order valence-corrected chi connectivity index (χ0v) is 13.8. The molecule has 128 valence electrons. The molecule has 0 saturated heterocycles. The lowest BCUT2D eigenvalue weighted by atomic mass is 10.1. The Hall–Kier alpha value is -2.07. The van der Waals surface area contributed by atoms with Crippen LogP contribution >= 0.6 is 11.3 Å². The molecule has 0 radical (unpaired) electrons. The number of benzene rings is 1. The Labute approximate surface area is 139 Å². The fourth-order valence-corrected chi connectivity index (χ4v) is 5.26. The van der Waals surface area contributed by atoms with Crippen LogP contribution in [0.25, 0.3) is 10.7 Å². The summed E-state index contributed by atoms with van der Waals surface area (Å²) in [5.74, 6) is -0.640. The minimum atomic E-state index is -4.74. The second-order valence-corrected chi connectivity index (χ2v) is 7.76. The summed E-state index contributed by atoms with van der Waals surface area (Å²) in [7, 11) is -4.59. The Morgan fingerprint density at radius 3 is 2.58 bits per heavy atom. The van der Waals surface area contributed by atoms with Crippen LogP contribution in [0.2, 0.25) is 0 Å². The van der Waals surface area contributed by atoms with Crippen molar-refractivity contribution in [2.24, 2.45) is 0 Å². The molecule has 10 heteroatoms. The van der Waals surface area contributed by atoms with Gasteiger partial charge in [-0.1, -0.05) is 24.3 Å². The van der Waals surface area contributed by atoms with Crippen LogP contribution in [-0.4, -0.2) is 31.2 Å². The van der Waals surface area contributed by atoms with E-state index in [4.69, 9.17) is 0 Å². The van der Waals surface area contributed by atoms with Crippen LogP contribution in [0.4, 0.5) is 18.2 Å². The number of thiazole rings is 1. The van der Waals surface area contributed by atoms with Crippen molar-refractivity contribution in [1.29, 1.82) is 0 Å². The van der Waals surface area contributed by atoms with Gasteiger partial charge < -0.3 is 5.11 Å². The van der Waals surface area contributed by atoms with E-state index in [1.807, 2.05) is 0 Å². The smallest absolute Gasteiger partial charge is 0.407 e. The standard InChI is InChI=1S/C14H11F3N2O3S2/c1-8-4-2-3-5-9(8)12-11(20)10-13(23-7-18-10)19(24(12,21)22)6-14(15,16)17/h2-5,7,20H,6H2,1H3. The SMILES string of the molecule is Cc1ccccc1C1=C(O)c2ncsc2N(CC(F)(F)F)S1(=O)=O. The zero-order valence-electron chi connectivity index (χ0n) is 12.2. The number of fused-ring (bicyclic) bond motifs is 1. The van der Waals surface area contributed by atoms with Crippen molar-refractivity contribution >= 4 is 37.0 Å².